The Morgan fingerprint density at radius 2 is 1.97 bits per heavy atom. The largest absolute Gasteiger partial charge is 0.441 e. The minimum absolute atomic E-state index is 0.0820. The fourth-order valence-electron chi connectivity index (χ4n) is 4.09. The lowest BCUT2D eigenvalue weighted by Crippen LogP contribution is -2.28. The molecule has 6 rings (SSSR count). The van der Waals surface area contributed by atoms with Crippen LogP contribution in [-0.2, 0) is 5.41 Å². The molecule has 4 aromatic heterocycles. The summed E-state index contributed by atoms with van der Waals surface area (Å²) in [7, 11) is 0. The number of aromatic amines is 1. The maximum Gasteiger partial charge on any atom is 0.401 e. The molecule has 11 nitrogen and oxygen atoms in total. The number of hydrogen-bond donors (Lipinski definition) is 4. The number of rotatable bonds is 4. The third kappa shape index (κ3) is 3.25. The van der Waals surface area contributed by atoms with E-state index in [-0.39, 0.29) is 41.5 Å². The first-order chi connectivity index (χ1) is 16.8. The standard InChI is InChI=1S/C21H15F3N8O3/c22-21(23,24)20(3-4-20)12-5-13(32-35-12)31-19(33)30-11-2-1-9(15-16(11)34-8-29-15)10-6-26-18-14(10)17(25)27-7-28-18/h1-2,5-8H,3-4H2,(H3,25,26,27,28)(H2,30,31,32,33). The van der Waals surface area contributed by atoms with Crippen LogP contribution < -0.4 is 16.4 Å². The number of nitrogen functional groups attached to an aromatic ring is 1. The van der Waals surface area contributed by atoms with E-state index < -0.39 is 17.6 Å². The van der Waals surface area contributed by atoms with Crippen LogP contribution >= 0.6 is 0 Å². The second-order valence-electron chi connectivity index (χ2n) is 8.11. The Morgan fingerprint density at radius 1 is 1.14 bits per heavy atom. The highest BCUT2D eigenvalue weighted by molar-refractivity contribution is 6.10. The molecule has 0 saturated heterocycles. The number of anilines is 3. The number of alkyl halides is 3. The van der Waals surface area contributed by atoms with E-state index in [1.807, 2.05) is 0 Å². The van der Waals surface area contributed by atoms with Crippen molar-refractivity contribution in [3.8, 4) is 11.1 Å². The number of nitrogens with two attached hydrogens (primary N) is 1. The molecule has 1 aliphatic carbocycles. The molecule has 1 aliphatic rings. The summed E-state index contributed by atoms with van der Waals surface area (Å²) in [6.45, 7) is 0. The summed E-state index contributed by atoms with van der Waals surface area (Å²) in [5, 5.41) is 9.12. The number of nitrogens with zero attached hydrogens (tertiary/aromatic N) is 4. The van der Waals surface area contributed by atoms with E-state index in [0.717, 1.165) is 6.07 Å². The number of hydrogen-bond acceptors (Lipinski definition) is 8. The summed E-state index contributed by atoms with van der Waals surface area (Å²) in [6, 6.07) is 3.63. The van der Waals surface area contributed by atoms with E-state index in [1.165, 1.54) is 12.7 Å². The molecule has 2 amide bonds. The molecule has 35 heavy (non-hydrogen) atoms. The third-order valence-electron chi connectivity index (χ3n) is 6.04. The van der Waals surface area contributed by atoms with Crippen molar-refractivity contribution in [3.63, 3.8) is 0 Å². The number of aromatic nitrogens is 5. The first-order valence-electron chi connectivity index (χ1n) is 10.3. The highest BCUT2D eigenvalue weighted by Crippen LogP contribution is 2.59. The molecule has 1 aromatic carbocycles. The Labute approximate surface area is 192 Å². The van der Waals surface area contributed by atoms with E-state index >= 15 is 0 Å². The maximum absolute atomic E-state index is 13.3. The number of amides is 2. The number of fused-ring (bicyclic) bond motifs is 2. The molecule has 0 atom stereocenters. The van der Waals surface area contributed by atoms with Gasteiger partial charge in [-0.25, -0.2) is 19.7 Å². The first kappa shape index (κ1) is 20.9. The fourth-order valence-corrected chi connectivity index (χ4v) is 4.09. The van der Waals surface area contributed by atoms with Crippen LogP contribution in [0.3, 0.4) is 0 Å². The number of carbonyl (C=O) groups is 1. The molecule has 4 heterocycles. The molecule has 0 aliphatic heterocycles. The van der Waals surface area contributed by atoms with E-state index in [9.17, 15) is 18.0 Å². The van der Waals surface area contributed by atoms with Gasteiger partial charge < -0.3 is 25.0 Å². The zero-order chi connectivity index (χ0) is 24.4. The molecular weight excluding hydrogens is 469 g/mol. The van der Waals surface area contributed by atoms with Gasteiger partial charge in [-0.1, -0.05) is 5.16 Å². The van der Waals surface area contributed by atoms with Crippen molar-refractivity contribution in [2.24, 2.45) is 0 Å². The number of oxazole rings is 1. The van der Waals surface area contributed by atoms with E-state index in [0.29, 0.717) is 27.7 Å². The molecule has 0 spiro atoms. The summed E-state index contributed by atoms with van der Waals surface area (Å²) in [6.07, 6.45) is -0.326. The van der Waals surface area contributed by atoms with Gasteiger partial charge in [-0.2, -0.15) is 13.2 Å². The van der Waals surface area contributed by atoms with Crippen LogP contribution in [0.2, 0.25) is 0 Å². The molecule has 0 bridgehead atoms. The van der Waals surface area contributed by atoms with Gasteiger partial charge in [0.2, 0.25) is 0 Å². The Morgan fingerprint density at radius 3 is 2.74 bits per heavy atom. The van der Waals surface area contributed by atoms with Crippen molar-refractivity contribution < 1.29 is 26.9 Å². The molecule has 0 radical (unpaired) electrons. The summed E-state index contributed by atoms with van der Waals surface area (Å²) < 4.78 is 50.2. The molecule has 1 saturated carbocycles. The van der Waals surface area contributed by atoms with Gasteiger partial charge in [0, 0.05) is 23.4 Å². The number of benzene rings is 1. The zero-order valence-corrected chi connectivity index (χ0v) is 17.6. The van der Waals surface area contributed by atoms with Gasteiger partial charge in [-0.05, 0) is 25.0 Å². The predicted octanol–water partition coefficient (Wildman–Crippen LogP) is 4.57. The van der Waals surface area contributed by atoms with Crippen LogP contribution in [0.4, 0.5) is 35.3 Å². The molecule has 5 N–H and O–H groups in total. The van der Waals surface area contributed by atoms with Crippen molar-refractivity contribution >= 4 is 45.5 Å². The monoisotopic (exact) mass is 484 g/mol. The highest BCUT2D eigenvalue weighted by atomic mass is 19.4. The van der Waals surface area contributed by atoms with Crippen LogP contribution in [0.1, 0.15) is 18.6 Å². The van der Waals surface area contributed by atoms with Gasteiger partial charge in [0.1, 0.15) is 28.7 Å². The smallest absolute Gasteiger partial charge is 0.401 e. The lowest BCUT2D eigenvalue weighted by molar-refractivity contribution is -0.165. The van der Waals surface area contributed by atoms with Gasteiger partial charge in [0.15, 0.2) is 23.6 Å². The van der Waals surface area contributed by atoms with E-state index in [2.05, 4.69) is 35.7 Å². The average Bonchev–Trinajstić information content (AvgIpc) is 3.16. The van der Waals surface area contributed by atoms with E-state index in [1.54, 1.807) is 18.3 Å². The second kappa shape index (κ2) is 7.19. The summed E-state index contributed by atoms with van der Waals surface area (Å²) in [5.41, 5.74) is 6.90. The fraction of sp³-hybridized carbons (Fsp3) is 0.190. The first-order valence-corrected chi connectivity index (χ1v) is 10.3. The van der Waals surface area contributed by atoms with Crippen LogP contribution in [0.5, 0.6) is 0 Å². The van der Waals surface area contributed by atoms with Crippen molar-refractivity contribution in [3.05, 3.63) is 42.9 Å². The third-order valence-corrected chi connectivity index (χ3v) is 6.04. The maximum atomic E-state index is 13.3. The van der Waals surface area contributed by atoms with Gasteiger partial charge in [0.25, 0.3) is 0 Å². The van der Waals surface area contributed by atoms with Gasteiger partial charge in [-0.3, -0.25) is 5.32 Å². The van der Waals surface area contributed by atoms with Crippen molar-refractivity contribution in [2.45, 2.75) is 24.4 Å². The lowest BCUT2D eigenvalue weighted by Gasteiger charge is -2.14. The van der Waals surface area contributed by atoms with Crippen LogP contribution in [-0.4, -0.2) is 37.3 Å². The second-order valence-corrected chi connectivity index (χ2v) is 8.11. The van der Waals surface area contributed by atoms with Gasteiger partial charge >= 0.3 is 12.2 Å². The number of H-pyrrole nitrogens is 1. The average molecular weight is 484 g/mol. The Bertz CT molecular complexity index is 1600. The Kier molecular flexibility index (Phi) is 4.30. The van der Waals surface area contributed by atoms with Gasteiger partial charge in [0.05, 0.1) is 11.1 Å². The van der Waals surface area contributed by atoms with Gasteiger partial charge in [-0.15, -0.1) is 0 Å². The molecular formula is C21H15F3N8O3. The van der Waals surface area contributed by atoms with Crippen molar-refractivity contribution in [1.82, 2.24) is 25.1 Å². The minimum Gasteiger partial charge on any atom is -0.441 e. The quantitative estimate of drug-likeness (QED) is 0.288. The summed E-state index contributed by atoms with van der Waals surface area (Å²) >= 11 is 0. The summed E-state index contributed by atoms with van der Waals surface area (Å²) in [5.74, 6) is -0.188. The predicted molar refractivity (Wildman–Crippen MR) is 117 cm³/mol. The van der Waals surface area contributed by atoms with Crippen LogP contribution in [0.25, 0.3) is 33.3 Å². The number of urea groups is 1. The SMILES string of the molecule is Nc1ncnc2[nH]cc(-c3ccc(NC(=O)Nc4cc(C5(C(F)(F)F)CC5)on4)c4ocnc34)c12. The normalized spacial score (nSPS) is 14.9. The number of carbonyl (C=O) groups excluding carboxylic acids is 1. The highest BCUT2D eigenvalue weighted by Gasteiger charge is 2.66. The molecule has 178 valence electrons. The minimum atomic E-state index is -4.45. The molecule has 0 unspecified atom stereocenters. The molecule has 14 heteroatoms. The molecule has 1 fully saturated rings. The molecule has 5 aromatic rings. The lowest BCUT2D eigenvalue weighted by atomic mass is 10.0. The number of nitrogens with one attached hydrogen (secondary N) is 3. The zero-order valence-electron chi connectivity index (χ0n) is 17.6. The Balaban J connectivity index is 1.26. The van der Waals surface area contributed by atoms with Crippen LogP contribution in [0, 0.1) is 0 Å². The Hall–Kier alpha value is -4.62. The van der Waals surface area contributed by atoms with E-state index in [4.69, 9.17) is 14.7 Å². The van der Waals surface area contributed by atoms with Crippen molar-refractivity contribution in [2.75, 3.05) is 16.4 Å². The van der Waals surface area contributed by atoms with Crippen LogP contribution in [0.15, 0.2) is 46.1 Å². The van der Waals surface area contributed by atoms with Crippen molar-refractivity contribution in [1.29, 1.82) is 0 Å². The number of halogens is 3. The topological polar surface area (TPSA) is 161 Å². The summed E-state index contributed by atoms with van der Waals surface area (Å²) in [4.78, 5) is 28.0.